The van der Waals surface area contributed by atoms with Gasteiger partial charge >= 0.3 is 0 Å². The van der Waals surface area contributed by atoms with Gasteiger partial charge in [0.05, 0.1) is 23.6 Å². The molecule has 6 heteroatoms. The van der Waals surface area contributed by atoms with Gasteiger partial charge in [-0.1, -0.05) is 35.5 Å². The summed E-state index contributed by atoms with van der Waals surface area (Å²) in [6.45, 7) is 0.489. The van der Waals surface area contributed by atoms with Crippen LogP contribution in [0.15, 0.2) is 46.3 Å². The average Bonchev–Trinajstić information content (AvgIpc) is 3.32. The Morgan fingerprint density at radius 2 is 2.17 bits per heavy atom. The van der Waals surface area contributed by atoms with Crippen molar-refractivity contribution < 1.29 is 9.63 Å². The van der Waals surface area contributed by atoms with Gasteiger partial charge in [0.2, 0.25) is 11.7 Å². The summed E-state index contributed by atoms with van der Waals surface area (Å²) in [5.41, 5.74) is 2.04. The quantitative estimate of drug-likeness (QED) is 0.754. The van der Waals surface area contributed by atoms with Crippen LogP contribution in [-0.4, -0.2) is 21.9 Å². The van der Waals surface area contributed by atoms with Gasteiger partial charge in [-0.05, 0) is 35.4 Å². The van der Waals surface area contributed by atoms with Gasteiger partial charge in [0.15, 0.2) is 0 Å². The van der Waals surface area contributed by atoms with Crippen LogP contribution in [0.25, 0.3) is 10.7 Å². The van der Waals surface area contributed by atoms with Crippen LogP contribution in [-0.2, 0) is 18.5 Å². The van der Waals surface area contributed by atoms with E-state index in [1.54, 1.807) is 11.3 Å². The molecule has 2 N–H and O–H groups in total. The number of nitrogens with one attached hydrogen (secondary N) is 1. The van der Waals surface area contributed by atoms with E-state index in [2.05, 4.69) is 27.6 Å². The maximum atomic E-state index is 9.97. The molecule has 1 aliphatic rings. The van der Waals surface area contributed by atoms with Gasteiger partial charge in [0, 0.05) is 0 Å². The summed E-state index contributed by atoms with van der Waals surface area (Å²) in [7, 11) is 0. The van der Waals surface area contributed by atoms with Crippen molar-refractivity contribution in [3.05, 3.63) is 58.8 Å². The van der Waals surface area contributed by atoms with Gasteiger partial charge < -0.3 is 9.63 Å². The lowest BCUT2D eigenvalue weighted by Gasteiger charge is -2.29. The third kappa shape index (κ3) is 2.59. The second-order valence-electron chi connectivity index (χ2n) is 5.74. The number of nitrogens with zero attached hydrogens (tertiary/aromatic N) is 2. The molecule has 118 valence electrons. The van der Waals surface area contributed by atoms with Crippen molar-refractivity contribution in [2.75, 3.05) is 6.61 Å². The Labute approximate surface area is 138 Å². The second kappa shape index (κ2) is 5.88. The highest BCUT2D eigenvalue weighted by molar-refractivity contribution is 7.13. The second-order valence-corrected chi connectivity index (χ2v) is 6.69. The Bertz CT molecular complexity index is 800. The molecule has 1 aliphatic carbocycles. The van der Waals surface area contributed by atoms with E-state index >= 15 is 0 Å². The summed E-state index contributed by atoms with van der Waals surface area (Å²) in [4.78, 5) is 5.41. The van der Waals surface area contributed by atoms with E-state index in [4.69, 9.17) is 4.52 Å². The number of fused-ring (bicyclic) bond motifs is 1. The molecule has 3 aromatic rings. The topological polar surface area (TPSA) is 71.2 Å². The Hall–Kier alpha value is -2.02. The van der Waals surface area contributed by atoms with Crippen molar-refractivity contribution in [1.29, 1.82) is 0 Å². The standard InChI is InChI=1S/C17H17N3O2S/c21-11-17(8-7-12-4-1-2-5-13(12)17)18-10-15-19-16(20-22-15)14-6-3-9-23-14/h1-6,9,18,21H,7-8,10-11H2. The molecule has 0 saturated heterocycles. The summed E-state index contributed by atoms with van der Waals surface area (Å²) >= 11 is 1.58. The molecule has 2 aromatic heterocycles. The zero-order valence-electron chi connectivity index (χ0n) is 12.5. The van der Waals surface area contributed by atoms with Crippen LogP contribution in [0.2, 0.25) is 0 Å². The summed E-state index contributed by atoms with van der Waals surface area (Å²) in [6.07, 6.45) is 1.84. The van der Waals surface area contributed by atoms with E-state index in [-0.39, 0.29) is 6.61 Å². The molecular weight excluding hydrogens is 310 g/mol. The molecule has 23 heavy (non-hydrogen) atoms. The largest absolute Gasteiger partial charge is 0.394 e. The molecule has 0 aliphatic heterocycles. The normalized spacial score (nSPS) is 19.9. The van der Waals surface area contributed by atoms with Crippen molar-refractivity contribution in [3.8, 4) is 10.7 Å². The minimum Gasteiger partial charge on any atom is -0.394 e. The minimum absolute atomic E-state index is 0.0515. The molecule has 0 fully saturated rings. The Morgan fingerprint density at radius 3 is 3.00 bits per heavy atom. The number of aliphatic hydroxyl groups excluding tert-OH is 1. The molecule has 2 heterocycles. The first-order chi connectivity index (χ1) is 11.3. The SMILES string of the molecule is OCC1(NCc2nc(-c3cccs3)no2)CCc2ccccc21. The van der Waals surface area contributed by atoms with E-state index in [0.717, 1.165) is 17.7 Å². The Kier molecular flexibility index (Phi) is 3.72. The first-order valence-electron chi connectivity index (χ1n) is 7.61. The molecule has 1 aromatic carbocycles. The molecule has 1 unspecified atom stereocenters. The number of rotatable bonds is 5. The zero-order chi connectivity index (χ0) is 15.7. The first kappa shape index (κ1) is 14.6. The van der Waals surface area contributed by atoms with Crippen LogP contribution in [0, 0.1) is 0 Å². The van der Waals surface area contributed by atoms with Gasteiger partial charge in [0.25, 0.3) is 0 Å². The Balaban J connectivity index is 1.52. The van der Waals surface area contributed by atoms with Gasteiger partial charge in [-0.15, -0.1) is 11.3 Å². The summed E-state index contributed by atoms with van der Waals surface area (Å²) in [5.74, 6) is 1.15. The van der Waals surface area contributed by atoms with Crippen LogP contribution >= 0.6 is 11.3 Å². The number of thiophene rings is 1. The van der Waals surface area contributed by atoms with Crippen LogP contribution in [0.3, 0.4) is 0 Å². The number of aromatic nitrogens is 2. The lowest BCUT2D eigenvalue weighted by atomic mass is 9.92. The van der Waals surface area contributed by atoms with E-state index in [0.29, 0.717) is 18.3 Å². The first-order valence-corrected chi connectivity index (χ1v) is 8.49. The molecule has 5 nitrogen and oxygen atoms in total. The van der Waals surface area contributed by atoms with Crippen LogP contribution in [0.1, 0.15) is 23.4 Å². The lowest BCUT2D eigenvalue weighted by Crippen LogP contribution is -2.43. The molecule has 4 rings (SSSR count). The third-order valence-electron chi connectivity index (χ3n) is 4.41. The van der Waals surface area contributed by atoms with Crippen molar-refractivity contribution in [3.63, 3.8) is 0 Å². The van der Waals surface area contributed by atoms with Crippen molar-refractivity contribution in [2.45, 2.75) is 24.9 Å². The highest BCUT2D eigenvalue weighted by Crippen LogP contribution is 2.36. The van der Waals surface area contributed by atoms with Gasteiger partial charge in [-0.25, -0.2) is 0 Å². The fraction of sp³-hybridized carbons (Fsp3) is 0.294. The third-order valence-corrected chi connectivity index (χ3v) is 5.28. The molecule has 1 atom stereocenters. The summed E-state index contributed by atoms with van der Waals surface area (Å²) in [5, 5.41) is 19.4. The highest BCUT2D eigenvalue weighted by atomic mass is 32.1. The smallest absolute Gasteiger partial charge is 0.240 e. The number of aryl methyl sites for hydroxylation is 1. The maximum Gasteiger partial charge on any atom is 0.240 e. The lowest BCUT2D eigenvalue weighted by molar-refractivity contribution is 0.154. The highest BCUT2D eigenvalue weighted by Gasteiger charge is 2.37. The predicted octanol–water partition coefficient (Wildman–Crippen LogP) is 2.72. The number of aliphatic hydroxyl groups is 1. The van der Waals surface area contributed by atoms with Crippen molar-refractivity contribution >= 4 is 11.3 Å². The Morgan fingerprint density at radius 1 is 1.26 bits per heavy atom. The monoisotopic (exact) mass is 327 g/mol. The van der Waals surface area contributed by atoms with E-state index in [9.17, 15) is 5.11 Å². The number of hydrogen-bond donors (Lipinski definition) is 2. The number of benzene rings is 1. The predicted molar refractivity (Wildman–Crippen MR) is 88.0 cm³/mol. The minimum atomic E-state index is -0.422. The van der Waals surface area contributed by atoms with Crippen LogP contribution in [0.5, 0.6) is 0 Å². The molecule has 0 bridgehead atoms. The maximum absolute atomic E-state index is 9.97. The van der Waals surface area contributed by atoms with Gasteiger partial charge in [0.1, 0.15) is 0 Å². The molecule has 0 saturated carbocycles. The molecule has 0 spiro atoms. The van der Waals surface area contributed by atoms with E-state index < -0.39 is 5.54 Å². The fourth-order valence-electron chi connectivity index (χ4n) is 3.17. The number of hydrogen-bond acceptors (Lipinski definition) is 6. The van der Waals surface area contributed by atoms with E-state index in [1.807, 2.05) is 29.6 Å². The van der Waals surface area contributed by atoms with Crippen molar-refractivity contribution in [2.24, 2.45) is 0 Å². The zero-order valence-corrected chi connectivity index (χ0v) is 13.3. The summed E-state index contributed by atoms with van der Waals surface area (Å²) < 4.78 is 5.33. The fourth-order valence-corrected chi connectivity index (χ4v) is 3.82. The van der Waals surface area contributed by atoms with Crippen LogP contribution in [0.4, 0.5) is 0 Å². The average molecular weight is 327 g/mol. The molecular formula is C17H17N3O2S. The van der Waals surface area contributed by atoms with Crippen LogP contribution < -0.4 is 5.32 Å². The molecule has 0 radical (unpaired) electrons. The van der Waals surface area contributed by atoms with Crippen molar-refractivity contribution in [1.82, 2.24) is 15.5 Å². The van der Waals surface area contributed by atoms with E-state index in [1.165, 1.54) is 11.1 Å². The molecule has 0 amide bonds. The summed E-state index contributed by atoms with van der Waals surface area (Å²) in [6, 6.07) is 12.2. The van der Waals surface area contributed by atoms with Gasteiger partial charge in [-0.2, -0.15) is 4.98 Å². The van der Waals surface area contributed by atoms with Gasteiger partial charge in [-0.3, -0.25) is 5.32 Å².